The Bertz CT molecular complexity index is 186. The van der Waals surface area contributed by atoms with E-state index in [-0.39, 0.29) is 0 Å². The van der Waals surface area contributed by atoms with E-state index in [0.717, 1.165) is 5.33 Å². The minimum atomic E-state index is 0.564. The summed E-state index contributed by atoms with van der Waals surface area (Å²) in [7, 11) is 0. The fraction of sp³-hybridized carbons (Fsp3) is 0.375. The van der Waals surface area contributed by atoms with Crippen molar-refractivity contribution in [1.82, 2.24) is 4.98 Å². The summed E-state index contributed by atoms with van der Waals surface area (Å²) >= 11 is 3.42. The molecule has 0 saturated heterocycles. The zero-order chi connectivity index (χ0) is 7.40. The maximum absolute atomic E-state index is 4.03. The second-order valence-corrected chi connectivity index (χ2v) is 2.99. The van der Waals surface area contributed by atoms with Gasteiger partial charge in [-0.15, -0.1) is 0 Å². The molecule has 2 heteroatoms. The Hall–Kier alpha value is -0.370. The van der Waals surface area contributed by atoms with Crippen molar-refractivity contribution in [3.8, 4) is 0 Å². The Morgan fingerprint density at radius 3 is 3.00 bits per heavy atom. The molecule has 0 radical (unpaired) electrons. The van der Waals surface area contributed by atoms with E-state index in [4.69, 9.17) is 0 Å². The number of pyridine rings is 1. The van der Waals surface area contributed by atoms with E-state index in [0.29, 0.717) is 5.92 Å². The lowest BCUT2D eigenvalue weighted by Crippen LogP contribution is -1.93. The van der Waals surface area contributed by atoms with Gasteiger partial charge in [0, 0.05) is 17.7 Å². The van der Waals surface area contributed by atoms with Crippen molar-refractivity contribution in [2.24, 2.45) is 0 Å². The normalized spacial score (nSPS) is 13.0. The van der Waals surface area contributed by atoms with Gasteiger partial charge in [-0.3, -0.25) is 4.98 Å². The molecule has 1 aromatic heterocycles. The fourth-order valence-corrected chi connectivity index (χ4v) is 1.13. The number of alkyl halides is 1. The minimum absolute atomic E-state index is 0.564. The molecule has 0 fully saturated rings. The highest BCUT2D eigenvalue weighted by Gasteiger charge is 2.00. The first-order chi connectivity index (χ1) is 4.84. The topological polar surface area (TPSA) is 12.9 Å². The number of hydrogen-bond acceptors (Lipinski definition) is 1. The van der Waals surface area contributed by atoms with E-state index in [1.165, 1.54) is 5.56 Å². The van der Waals surface area contributed by atoms with Crippen molar-refractivity contribution in [2.45, 2.75) is 12.8 Å². The average molecular weight is 200 g/mol. The monoisotopic (exact) mass is 199 g/mol. The van der Waals surface area contributed by atoms with Crippen LogP contribution in [0.5, 0.6) is 0 Å². The third-order valence-corrected chi connectivity index (χ3v) is 2.46. The van der Waals surface area contributed by atoms with Crippen LogP contribution in [0.2, 0.25) is 0 Å². The zero-order valence-electron chi connectivity index (χ0n) is 5.92. The van der Waals surface area contributed by atoms with E-state index in [9.17, 15) is 0 Å². The number of nitrogens with zero attached hydrogens (tertiary/aromatic N) is 1. The van der Waals surface area contributed by atoms with Gasteiger partial charge >= 0.3 is 0 Å². The molecule has 0 aliphatic carbocycles. The van der Waals surface area contributed by atoms with Crippen molar-refractivity contribution in [1.29, 1.82) is 0 Å². The molecule has 0 amide bonds. The summed E-state index contributed by atoms with van der Waals surface area (Å²) in [5.41, 5.74) is 1.29. The van der Waals surface area contributed by atoms with Gasteiger partial charge in [-0.05, 0) is 17.5 Å². The van der Waals surface area contributed by atoms with Gasteiger partial charge in [0.2, 0.25) is 0 Å². The molecule has 0 aliphatic heterocycles. The third-order valence-electron chi connectivity index (χ3n) is 1.48. The van der Waals surface area contributed by atoms with Crippen LogP contribution in [0.15, 0.2) is 24.5 Å². The summed E-state index contributed by atoms with van der Waals surface area (Å²) in [6.07, 6.45) is 3.70. The van der Waals surface area contributed by atoms with Crippen LogP contribution in [-0.4, -0.2) is 10.3 Å². The molecule has 0 unspecified atom stereocenters. The standard InChI is InChI=1S/C8H10BrN/c1-7(5-9)8-3-2-4-10-6-8/h2-4,6-7H,5H2,1H3/t7-/m0/s1. The van der Waals surface area contributed by atoms with Crippen molar-refractivity contribution in [3.63, 3.8) is 0 Å². The first kappa shape index (κ1) is 7.73. The average Bonchev–Trinajstić information content (AvgIpc) is 2.05. The van der Waals surface area contributed by atoms with Gasteiger partial charge in [-0.2, -0.15) is 0 Å². The molecule has 0 aliphatic rings. The molecular formula is C8H10BrN. The zero-order valence-corrected chi connectivity index (χ0v) is 7.51. The van der Waals surface area contributed by atoms with E-state index < -0.39 is 0 Å². The summed E-state index contributed by atoms with van der Waals surface area (Å²) in [6.45, 7) is 2.17. The van der Waals surface area contributed by atoms with E-state index >= 15 is 0 Å². The van der Waals surface area contributed by atoms with E-state index in [2.05, 4.69) is 33.9 Å². The second-order valence-electron chi connectivity index (χ2n) is 2.34. The van der Waals surface area contributed by atoms with Crippen molar-refractivity contribution in [2.75, 3.05) is 5.33 Å². The van der Waals surface area contributed by atoms with Crippen LogP contribution < -0.4 is 0 Å². The van der Waals surface area contributed by atoms with Crippen LogP contribution >= 0.6 is 15.9 Å². The third kappa shape index (κ3) is 1.81. The Labute approximate surface area is 69.6 Å². The highest BCUT2D eigenvalue weighted by atomic mass is 79.9. The van der Waals surface area contributed by atoms with Crippen molar-refractivity contribution >= 4 is 15.9 Å². The summed E-state index contributed by atoms with van der Waals surface area (Å²) in [4.78, 5) is 4.03. The summed E-state index contributed by atoms with van der Waals surface area (Å²) < 4.78 is 0. The molecule has 10 heavy (non-hydrogen) atoms. The first-order valence-electron chi connectivity index (χ1n) is 3.30. The van der Waals surface area contributed by atoms with E-state index in [1.54, 1.807) is 6.20 Å². The minimum Gasteiger partial charge on any atom is -0.264 e. The molecule has 1 nitrogen and oxygen atoms in total. The number of rotatable bonds is 2. The number of halogens is 1. The van der Waals surface area contributed by atoms with Crippen LogP contribution in [-0.2, 0) is 0 Å². The van der Waals surface area contributed by atoms with Gasteiger partial charge < -0.3 is 0 Å². The molecule has 0 bridgehead atoms. The number of hydrogen-bond donors (Lipinski definition) is 0. The Morgan fingerprint density at radius 2 is 2.50 bits per heavy atom. The largest absolute Gasteiger partial charge is 0.264 e. The van der Waals surface area contributed by atoms with Gasteiger partial charge in [0.05, 0.1) is 0 Å². The van der Waals surface area contributed by atoms with Gasteiger partial charge in [-0.25, -0.2) is 0 Å². The molecular weight excluding hydrogens is 190 g/mol. The van der Waals surface area contributed by atoms with Crippen LogP contribution in [0, 0.1) is 0 Å². The first-order valence-corrected chi connectivity index (χ1v) is 4.42. The van der Waals surface area contributed by atoms with Gasteiger partial charge in [0.1, 0.15) is 0 Å². The molecule has 1 heterocycles. The quantitative estimate of drug-likeness (QED) is 0.668. The maximum atomic E-state index is 4.03. The Balaban J connectivity index is 2.75. The summed E-state index contributed by atoms with van der Waals surface area (Å²) in [5.74, 6) is 0.564. The molecule has 1 atom stereocenters. The predicted molar refractivity (Wildman–Crippen MR) is 46.4 cm³/mol. The molecule has 0 N–H and O–H groups in total. The highest BCUT2D eigenvalue weighted by Crippen LogP contribution is 2.14. The molecule has 0 spiro atoms. The molecule has 0 saturated carbocycles. The van der Waals surface area contributed by atoms with Crippen molar-refractivity contribution < 1.29 is 0 Å². The smallest absolute Gasteiger partial charge is 0.0302 e. The Morgan fingerprint density at radius 1 is 1.70 bits per heavy atom. The SMILES string of the molecule is C[C@@H](CBr)c1cccnc1. The predicted octanol–water partition coefficient (Wildman–Crippen LogP) is 2.58. The van der Waals surface area contributed by atoms with Crippen LogP contribution in [0.3, 0.4) is 0 Å². The Kier molecular flexibility index (Phi) is 2.87. The van der Waals surface area contributed by atoms with Crippen LogP contribution in [0.1, 0.15) is 18.4 Å². The summed E-state index contributed by atoms with van der Waals surface area (Å²) in [5, 5.41) is 0.999. The fourth-order valence-electron chi connectivity index (χ4n) is 0.757. The maximum Gasteiger partial charge on any atom is 0.0302 e. The summed E-state index contributed by atoms with van der Waals surface area (Å²) in [6, 6.07) is 4.06. The molecule has 1 rings (SSSR count). The molecule has 54 valence electrons. The molecule has 1 aromatic rings. The lowest BCUT2D eigenvalue weighted by atomic mass is 10.1. The van der Waals surface area contributed by atoms with Gasteiger partial charge in [0.15, 0.2) is 0 Å². The lowest BCUT2D eigenvalue weighted by molar-refractivity contribution is 0.878. The molecule has 0 aromatic carbocycles. The van der Waals surface area contributed by atoms with Gasteiger partial charge in [-0.1, -0.05) is 28.9 Å². The second kappa shape index (κ2) is 3.71. The van der Waals surface area contributed by atoms with E-state index in [1.807, 2.05) is 12.3 Å². The van der Waals surface area contributed by atoms with Crippen LogP contribution in [0.4, 0.5) is 0 Å². The van der Waals surface area contributed by atoms with Crippen molar-refractivity contribution in [3.05, 3.63) is 30.1 Å². The lowest BCUT2D eigenvalue weighted by Gasteiger charge is -2.04. The van der Waals surface area contributed by atoms with Crippen LogP contribution in [0.25, 0.3) is 0 Å². The van der Waals surface area contributed by atoms with Gasteiger partial charge in [0.25, 0.3) is 0 Å². The number of aromatic nitrogens is 1. The highest BCUT2D eigenvalue weighted by molar-refractivity contribution is 9.09.